The van der Waals surface area contributed by atoms with E-state index >= 15 is 0 Å². The summed E-state index contributed by atoms with van der Waals surface area (Å²) >= 11 is 1.41. The topological polar surface area (TPSA) is 81.0 Å². The Kier molecular flexibility index (Phi) is 5.14. The van der Waals surface area contributed by atoms with Gasteiger partial charge in [-0.3, -0.25) is 10.1 Å². The fourth-order valence-corrected chi connectivity index (χ4v) is 2.02. The molecule has 0 aliphatic carbocycles. The van der Waals surface area contributed by atoms with E-state index in [1.54, 1.807) is 0 Å². The van der Waals surface area contributed by atoms with E-state index in [9.17, 15) is 10.1 Å². The SMILES string of the molecule is CCNc1ncc([N+](=O)[O-])c(SC(C)CC)n1. The van der Waals surface area contributed by atoms with Crippen molar-refractivity contribution >= 4 is 23.4 Å². The van der Waals surface area contributed by atoms with E-state index in [1.165, 1.54) is 18.0 Å². The Morgan fingerprint density at radius 1 is 1.59 bits per heavy atom. The molecule has 0 aliphatic heterocycles. The Balaban J connectivity index is 3.02. The molecule has 0 radical (unpaired) electrons. The standard InChI is InChI=1S/C10H16N4O2S/c1-4-7(3)17-9-8(14(15)16)6-12-10(13-9)11-5-2/h6-7H,4-5H2,1-3H3,(H,11,12,13). The summed E-state index contributed by atoms with van der Waals surface area (Å²) in [6.07, 6.45) is 2.19. The van der Waals surface area contributed by atoms with Gasteiger partial charge < -0.3 is 5.32 Å². The molecule has 0 saturated carbocycles. The second kappa shape index (κ2) is 6.39. The summed E-state index contributed by atoms with van der Waals surface area (Å²) < 4.78 is 0. The zero-order valence-electron chi connectivity index (χ0n) is 10.1. The number of hydrogen-bond acceptors (Lipinski definition) is 6. The summed E-state index contributed by atoms with van der Waals surface area (Å²) in [5.41, 5.74) is -0.0306. The van der Waals surface area contributed by atoms with Crippen molar-refractivity contribution in [3.05, 3.63) is 16.3 Å². The van der Waals surface area contributed by atoms with Gasteiger partial charge in [0, 0.05) is 11.8 Å². The van der Waals surface area contributed by atoms with Crippen LogP contribution in [0.1, 0.15) is 27.2 Å². The first kappa shape index (κ1) is 13.7. The van der Waals surface area contributed by atoms with Crippen LogP contribution in [0.2, 0.25) is 0 Å². The van der Waals surface area contributed by atoms with E-state index in [4.69, 9.17) is 0 Å². The quantitative estimate of drug-likeness (QED) is 0.365. The fraction of sp³-hybridized carbons (Fsp3) is 0.600. The first-order valence-electron chi connectivity index (χ1n) is 5.50. The molecule has 1 N–H and O–H groups in total. The Morgan fingerprint density at radius 2 is 2.29 bits per heavy atom. The van der Waals surface area contributed by atoms with Crippen LogP contribution >= 0.6 is 11.8 Å². The van der Waals surface area contributed by atoms with E-state index in [0.29, 0.717) is 17.5 Å². The molecule has 7 heteroatoms. The third-order valence-corrected chi connectivity index (χ3v) is 3.41. The number of nitrogens with zero attached hydrogens (tertiary/aromatic N) is 3. The van der Waals surface area contributed by atoms with E-state index in [2.05, 4.69) is 15.3 Å². The van der Waals surface area contributed by atoms with E-state index in [0.717, 1.165) is 6.42 Å². The lowest BCUT2D eigenvalue weighted by Gasteiger charge is -2.08. The highest BCUT2D eigenvalue weighted by Crippen LogP contribution is 2.31. The van der Waals surface area contributed by atoms with E-state index in [-0.39, 0.29) is 10.9 Å². The second-order valence-corrected chi connectivity index (χ2v) is 4.94. The molecule has 0 aliphatic rings. The van der Waals surface area contributed by atoms with Gasteiger partial charge in [0.1, 0.15) is 6.20 Å². The molecule has 1 rings (SSSR count). The third kappa shape index (κ3) is 3.85. The van der Waals surface area contributed by atoms with Gasteiger partial charge in [0.05, 0.1) is 4.92 Å². The number of aromatic nitrogens is 2. The molecule has 6 nitrogen and oxygen atoms in total. The number of rotatable bonds is 6. The molecule has 0 bridgehead atoms. The van der Waals surface area contributed by atoms with Crippen LogP contribution in [-0.4, -0.2) is 26.7 Å². The number of thioether (sulfide) groups is 1. The first-order valence-corrected chi connectivity index (χ1v) is 6.38. The minimum Gasteiger partial charge on any atom is -0.354 e. The normalized spacial score (nSPS) is 12.2. The molecule has 1 aromatic heterocycles. The molecule has 0 saturated heterocycles. The van der Waals surface area contributed by atoms with Crippen LogP contribution in [0, 0.1) is 10.1 Å². The Morgan fingerprint density at radius 3 is 2.82 bits per heavy atom. The first-order chi connectivity index (χ1) is 8.08. The zero-order valence-corrected chi connectivity index (χ0v) is 11.0. The maximum atomic E-state index is 10.9. The number of nitro groups is 1. The van der Waals surface area contributed by atoms with Gasteiger partial charge in [-0.25, -0.2) is 4.98 Å². The van der Waals surface area contributed by atoms with Crippen LogP contribution in [0.4, 0.5) is 11.6 Å². The molecule has 1 atom stereocenters. The third-order valence-electron chi connectivity index (χ3n) is 2.16. The van der Waals surface area contributed by atoms with Gasteiger partial charge in [-0.15, -0.1) is 0 Å². The lowest BCUT2D eigenvalue weighted by molar-refractivity contribution is -0.388. The summed E-state index contributed by atoms with van der Waals surface area (Å²) in [7, 11) is 0. The zero-order chi connectivity index (χ0) is 12.8. The van der Waals surface area contributed by atoms with Crippen LogP contribution in [-0.2, 0) is 0 Å². The highest BCUT2D eigenvalue weighted by Gasteiger charge is 2.19. The summed E-state index contributed by atoms with van der Waals surface area (Å²) in [6.45, 7) is 6.66. The molecule has 17 heavy (non-hydrogen) atoms. The van der Waals surface area contributed by atoms with Crippen molar-refractivity contribution in [2.75, 3.05) is 11.9 Å². The summed E-state index contributed by atoms with van der Waals surface area (Å²) in [4.78, 5) is 18.5. The average Bonchev–Trinajstić information content (AvgIpc) is 2.29. The minimum atomic E-state index is -0.444. The number of nitrogens with one attached hydrogen (secondary N) is 1. The van der Waals surface area contributed by atoms with Gasteiger partial charge in [0.15, 0.2) is 5.03 Å². The molecule has 1 unspecified atom stereocenters. The Labute approximate surface area is 104 Å². The van der Waals surface area contributed by atoms with Crippen LogP contribution in [0.25, 0.3) is 0 Å². The monoisotopic (exact) mass is 256 g/mol. The van der Waals surface area contributed by atoms with Gasteiger partial charge in [-0.1, -0.05) is 25.6 Å². The molecule has 1 heterocycles. The van der Waals surface area contributed by atoms with Crippen LogP contribution in [0.3, 0.4) is 0 Å². The molecular formula is C10H16N4O2S. The van der Waals surface area contributed by atoms with Crippen molar-refractivity contribution in [2.45, 2.75) is 37.5 Å². The van der Waals surface area contributed by atoms with Crippen molar-refractivity contribution in [3.8, 4) is 0 Å². The van der Waals surface area contributed by atoms with Gasteiger partial charge in [0.2, 0.25) is 5.95 Å². The molecule has 94 valence electrons. The van der Waals surface area contributed by atoms with Crippen molar-refractivity contribution < 1.29 is 4.92 Å². The van der Waals surface area contributed by atoms with Crippen molar-refractivity contribution in [1.82, 2.24) is 9.97 Å². The molecule has 0 amide bonds. The maximum absolute atomic E-state index is 10.9. The Hall–Kier alpha value is -1.37. The molecule has 0 spiro atoms. The predicted molar refractivity (Wildman–Crippen MR) is 68.5 cm³/mol. The van der Waals surface area contributed by atoms with Crippen molar-refractivity contribution in [3.63, 3.8) is 0 Å². The van der Waals surface area contributed by atoms with Gasteiger partial charge in [-0.05, 0) is 13.3 Å². The van der Waals surface area contributed by atoms with Crippen LogP contribution < -0.4 is 5.32 Å². The molecule has 0 fully saturated rings. The van der Waals surface area contributed by atoms with Gasteiger partial charge >= 0.3 is 5.69 Å². The lowest BCUT2D eigenvalue weighted by Crippen LogP contribution is -2.05. The second-order valence-electron chi connectivity index (χ2n) is 3.51. The smallest absolute Gasteiger partial charge is 0.319 e. The van der Waals surface area contributed by atoms with Gasteiger partial charge in [0.25, 0.3) is 0 Å². The largest absolute Gasteiger partial charge is 0.354 e. The van der Waals surface area contributed by atoms with Gasteiger partial charge in [-0.2, -0.15) is 4.98 Å². The number of anilines is 1. The molecular weight excluding hydrogens is 240 g/mol. The van der Waals surface area contributed by atoms with Crippen molar-refractivity contribution in [1.29, 1.82) is 0 Å². The lowest BCUT2D eigenvalue weighted by atomic mass is 10.4. The molecule has 1 aromatic rings. The van der Waals surface area contributed by atoms with E-state index < -0.39 is 4.92 Å². The highest BCUT2D eigenvalue weighted by atomic mass is 32.2. The fourth-order valence-electron chi connectivity index (χ4n) is 1.09. The molecule has 0 aromatic carbocycles. The summed E-state index contributed by atoms with van der Waals surface area (Å²) in [5.74, 6) is 0.434. The van der Waals surface area contributed by atoms with Crippen molar-refractivity contribution in [2.24, 2.45) is 0 Å². The van der Waals surface area contributed by atoms with Crippen LogP contribution in [0.5, 0.6) is 0 Å². The predicted octanol–water partition coefficient (Wildman–Crippen LogP) is 2.71. The maximum Gasteiger partial charge on any atom is 0.319 e. The van der Waals surface area contributed by atoms with Crippen LogP contribution in [0.15, 0.2) is 11.2 Å². The number of hydrogen-bond donors (Lipinski definition) is 1. The average molecular weight is 256 g/mol. The minimum absolute atomic E-state index is 0.0306. The van der Waals surface area contributed by atoms with E-state index in [1.807, 2.05) is 20.8 Å². The summed E-state index contributed by atoms with van der Waals surface area (Å²) in [5, 5.41) is 14.5. The highest BCUT2D eigenvalue weighted by molar-refractivity contribution is 8.00. The Bertz CT molecular complexity index is 400. The summed E-state index contributed by atoms with van der Waals surface area (Å²) in [6, 6.07) is 0.